The Morgan fingerprint density at radius 1 is 0.941 bits per heavy atom. The van der Waals surface area contributed by atoms with Crippen molar-refractivity contribution in [1.29, 1.82) is 0 Å². The van der Waals surface area contributed by atoms with Gasteiger partial charge in [0.15, 0.2) is 0 Å². The van der Waals surface area contributed by atoms with Gasteiger partial charge in [0.25, 0.3) is 0 Å². The van der Waals surface area contributed by atoms with Crippen LogP contribution in [-0.2, 0) is 13.2 Å². The summed E-state index contributed by atoms with van der Waals surface area (Å²) in [6.07, 6.45) is 0. The molecule has 88 valence electrons. The normalized spacial score (nSPS) is 10.2. The highest BCUT2D eigenvalue weighted by molar-refractivity contribution is 5.30. The van der Waals surface area contributed by atoms with E-state index in [1.54, 1.807) is 42.5 Å². The van der Waals surface area contributed by atoms with E-state index < -0.39 is 0 Å². The molecule has 1 aromatic carbocycles. The second-order valence-corrected chi connectivity index (χ2v) is 3.53. The van der Waals surface area contributed by atoms with Crippen LogP contribution in [0.3, 0.4) is 0 Å². The fourth-order valence-electron chi connectivity index (χ4n) is 1.39. The molecule has 0 aliphatic heterocycles. The largest absolute Gasteiger partial charge is 0.439 e. The molecule has 0 saturated heterocycles. The molecule has 0 bridgehead atoms. The first-order valence-corrected chi connectivity index (χ1v) is 5.26. The summed E-state index contributed by atoms with van der Waals surface area (Å²) in [6.45, 7) is -0.0980. The highest BCUT2D eigenvalue weighted by atomic mass is 16.5. The smallest absolute Gasteiger partial charge is 0.219 e. The van der Waals surface area contributed by atoms with Crippen molar-refractivity contribution < 1.29 is 14.9 Å². The van der Waals surface area contributed by atoms with Crippen LogP contribution in [0.5, 0.6) is 11.6 Å². The number of hydrogen-bond acceptors (Lipinski definition) is 4. The minimum atomic E-state index is -0.110. The van der Waals surface area contributed by atoms with E-state index in [1.165, 1.54) is 0 Å². The van der Waals surface area contributed by atoms with E-state index in [4.69, 9.17) is 14.9 Å². The zero-order valence-corrected chi connectivity index (χ0v) is 9.21. The predicted octanol–water partition coefficient (Wildman–Crippen LogP) is 1.86. The first-order valence-electron chi connectivity index (χ1n) is 5.26. The minimum Gasteiger partial charge on any atom is -0.439 e. The van der Waals surface area contributed by atoms with Gasteiger partial charge >= 0.3 is 0 Å². The number of pyridine rings is 1. The number of hydrogen-bond donors (Lipinski definition) is 2. The van der Waals surface area contributed by atoms with Crippen molar-refractivity contribution in [1.82, 2.24) is 4.98 Å². The molecule has 1 aromatic heterocycles. The second-order valence-electron chi connectivity index (χ2n) is 3.53. The molecule has 0 radical (unpaired) electrons. The van der Waals surface area contributed by atoms with Crippen molar-refractivity contribution in [2.45, 2.75) is 13.2 Å². The topological polar surface area (TPSA) is 62.6 Å². The predicted molar refractivity (Wildman–Crippen MR) is 62.6 cm³/mol. The van der Waals surface area contributed by atoms with E-state index in [2.05, 4.69) is 4.98 Å². The van der Waals surface area contributed by atoms with Crippen LogP contribution in [-0.4, -0.2) is 15.2 Å². The maximum absolute atomic E-state index is 8.95. The Kier molecular flexibility index (Phi) is 3.69. The number of aromatic nitrogens is 1. The van der Waals surface area contributed by atoms with Crippen LogP contribution in [0.2, 0.25) is 0 Å². The fourth-order valence-corrected chi connectivity index (χ4v) is 1.39. The van der Waals surface area contributed by atoms with Crippen molar-refractivity contribution in [3.8, 4) is 11.6 Å². The number of ether oxygens (including phenoxy) is 1. The fraction of sp³-hybridized carbons (Fsp3) is 0.154. The Hall–Kier alpha value is -1.91. The summed E-state index contributed by atoms with van der Waals surface area (Å²) in [7, 11) is 0. The molecule has 2 rings (SSSR count). The number of nitrogens with zero attached hydrogens (tertiary/aromatic N) is 1. The van der Waals surface area contributed by atoms with Crippen LogP contribution in [0.15, 0.2) is 42.5 Å². The molecule has 4 heteroatoms. The standard InChI is InChI=1S/C13H13NO3/c15-8-10-4-6-12(7-5-10)17-13-3-1-2-11(9-16)14-13/h1-7,15-16H,8-9H2. The molecule has 0 unspecified atom stereocenters. The van der Waals surface area contributed by atoms with E-state index in [9.17, 15) is 0 Å². The summed E-state index contributed by atoms with van der Waals surface area (Å²) in [6, 6.07) is 12.3. The van der Waals surface area contributed by atoms with Gasteiger partial charge in [0, 0.05) is 6.07 Å². The van der Waals surface area contributed by atoms with Gasteiger partial charge in [-0.1, -0.05) is 18.2 Å². The van der Waals surface area contributed by atoms with Gasteiger partial charge in [-0.05, 0) is 23.8 Å². The van der Waals surface area contributed by atoms with Gasteiger partial charge in [-0.3, -0.25) is 0 Å². The highest BCUT2D eigenvalue weighted by Crippen LogP contribution is 2.20. The van der Waals surface area contributed by atoms with Crippen LogP contribution in [0.1, 0.15) is 11.3 Å². The third-order valence-electron chi connectivity index (χ3n) is 2.27. The lowest BCUT2D eigenvalue weighted by Crippen LogP contribution is -1.93. The quantitative estimate of drug-likeness (QED) is 0.843. The van der Waals surface area contributed by atoms with Gasteiger partial charge in [0.2, 0.25) is 5.88 Å². The van der Waals surface area contributed by atoms with E-state index in [0.29, 0.717) is 17.3 Å². The molecule has 0 spiro atoms. The molecular formula is C13H13NO3. The first kappa shape index (κ1) is 11.6. The lowest BCUT2D eigenvalue weighted by Gasteiger charge is -2.06. The van der Waals surface area contributed by atoms with E-state index in [1.807, 2.05) is 0 Å². The minimum absolute atomic E-state index is 0.0124. The summed E-state index contributed by atoms with van der Waals surface area (Å²) in [5.41, 5.74) is 1.39. The van der Waals surface area contributed by atoms with Crippen LogP contribution in [0, 0.1) is 0 Å². The summed E-state index contributed by atoms with van der Waals surface area (Å²) in [5.74, 6) is 1.08. The van der Waals surface area contributed by atoms with Crippen molar-refractivity contribution in [3.63, 3.8) is 0 Å². The average Bonchev–Trinajstić information content (AvgIpc) is 2.40. The van der Waals surface area contributed by atoms with Crippen LogP contribution < -0.4 is 4.74 Å². The summed E-state index contributed by atoms with van der Waals surface area (Å²) < 4.78 is 5.52. The van der Waals surface area contributed by atoms with Crippen molar-refractivity contribution in [3.05, 3.63) is 53.7 Å². The third kappa shape index (κ3) is 3.03. The second kappa shape index (κ2) is 5.43. The number of aliphatic hydroxyl groups excluding tert-OH is 2. The Balaban J connectivity index is 2.13. The van der Waals surface area contributed by atoms with Gasteiger partial charge in [-0.2, -0.15) is 0 Å². The summed E-state index contributed by atoms with van der Waals surface area (Å²) >= 11 is 0. The molecule has 2 aromatic rings. The molecule has 0 amide bonds. The van der Waals surface area contributed by atoms with Gasteiger partial charge in [0.1, 0.15) is 5.75 Å². The molecule has 1 heterocycles. The van der Waals surface area contributed by atoms with Gasteiger partial charge in [-0.15, -0.1) is 0 Å². The van der Waals surface area contributed by atoms with Crippen LogP contribution in [0.25, 0.3) is 0 Å². The molecule has 0 aliphatic rings. The Morgan fingerprint density at radius 3 is 2.35 bits per heavy atom. The monoisotopic (exact) mass is 231 g/mol. The van der Waals surface area contributed by atoms with E-state index in [0.717, 1.165) is 5.56 Å². The number of aliphatic hydroxyl groups is 2. The van der Waals surface area contributed by atoms with Crippen molar-refractivity contribution in [2.24, 2.45) is 0 Å². The number of rotatable bonds is 4. The molecule has 0 saturated carbocycles. The van der Waals surface area contributed by atoms with E-state index >= 15 is 0 Å². The van der Waals surface area contributed by atoms with Gasteiger partial charge in [0.05, 0.1) is 18.9 Å². The van der Waals surface area contributed by atoms with E-state index in [-0.39, 0.29) is 13.2 Å². The Bertz CT molecular complexity index is 482. The van der Waals surface area contributed by atoms with Gasteiger partial charge in [-0.25, -0.2) is 4.98 Å². The molecule has 17 heavy (non-hydrogen) atoms. The lowest BCUT2D eigenvalue weighted by molar-refractivity contribution is 0.275. The van der Waals surface area contributed by atoms with Crippen LogP contribution in [0.4, 0.5) is 0 Å². The molecule has 0 fully saturated rings. The number of benzene rings is 1. The zero-order chi connectivity index (χ0) is 12.1. The third-order valence-corrected chi connectivity index (χ3v) is 2.27. The van der Waals surface area contributed by atoms with Crippen molar-refractivity contribution in [2.75, 3.05) is 0 Å². The first-order chi connectivity index (χ1) is 8.31. The summed E-state index contributed by atoms with van der Waals surface area (Å²) in [4.78, 5) is 4.11. The van der Waals surface area contributed by atoms with Crippen LogP contribution >= 0.6 is 0 Å². The lowest BCUT2D eigenvalue weighted by atomic mass is 10.2. The SMILES string of the molecule is OCc1ccc(Oc2cccc(CO)n2)cc1. The zero-order valence-electron chi connectivity index (χ0n) is 9.21. The molecule has 2 N–H and O–H groups in total. The Morgan fingerprint density at radius 2 is 1.71 bits per heavy atom. The molecular weight excluding hydrogens is 218 g/mol. The molecule has 0 aliphatic carbocycles. The maximum atomic E-state index is 8.95. The molecule has 4 nitrogen and oxygen atoms in total. The Labute approximate surface area is 99.1 Å². The summed E-state index contributed by atoms with van der Waals surface area (Å²) in [5, 5.41) is 17.9. The average molecular weight is 231 g/mol. The highest BCUT2D eigenvalue weighted by Gasteiger charge is 2.00. The van der Waals surface area contributed by atoms with Gasteiger partial charge < -0.3 is 14.9 Å². The van der Waals surface area contributed by atoms with Crippen molar-refractivity contribution >= 4 is 0 Å². The maximum Gasteiger partial charge on any atom is 0.219 e. The molecule has 0 atom stereocenters.